The Bertz CT molecular complexity index is 289. The largest absolute Gasteiger partial charge is 0.393 e. The fourth-order valence-corrected chi connectivity index (χ4v) is 1.33. The summed E-state index contributed by atoms with van der Waals surface area (Å²) < 4.78 is 0. The van der Waals surface area contributed by atoms with Crippen molar-refractivity contribution in [2.24, 2.45) is 0 Å². The van der Waals surface area contributed by atoms with Gasteiger partial charge in [0.15, 0.2) is 0 Å². The number of aliphatic hydroxyl groups is 1. The highest BCUT2D eigenvalue weighted by Gasteiger charge is 2.04. The van der Waals surface area contributed by atoms with E-state index in [-0.39, 0.29) is 6.10 Å². The molecule has 0 radical (unpaired) electrons. The number of aliphatic hydroxyl groups excluding tert-OH is 1. The second-order valence-electron chi connectivity index (χ2n) is 3.32. The molecule has 0 bridgehead atoms. The lowest BCUT2D eigenvalue weighted by Crippen LogP contribution is -2.10. The lowest BCUT2D eigenvalue weighted by molar-refractivity contribution is 0.162. The first kappa shape index (κ1) is 10.7. The predicted molar refractivity (Wildman–Crippen MR) is 56.6 cm³/mol. The molecule has 1 atom stereocenters. The van der Waals surface area contributed by atoms with Crippen LogP contribution in [0.25, 0.3) is 0 Å². The van der Waals surface area contributed by atoms with E-state index in [1.54, 1.807) is 12.4 Å². The molecular formula is C12H15NO. The normalized spacial score (nSPS) is 12.0. The van der Waals surface area contributed by atoms with Gasteiger partial charge in [-0.25, -0.2) is 0 Å². The highest BCUT2D eigenvalue weighted by Crippen LogP contribution is 2.07. The average molecular weight is 189 g/mol. The number of terminal acetylenes is 1. The molecule has 0 aromatic carbocycles. The molecule has 0 saturated carbocycles. The van der Waals surface area contributed by atoms with Gasteiger partial charge in [0.05, 0.1) is 6.10 Å². The summed E-state index contributed by atoms with van der Waals surface area (Å²) in [6, 6.07) is 3.85. The van der Waals surface area contributed by atoms with Gasteiger partial charge in [0.1, 0.15) is 0 Å². The summed E-state index contributed by atoms with van der Waals surface area (Å²) in [5, 5.41) is 9.63. The molecule has 0 saturated heterocycles. The van der Waals surface area contributed by atoms with Gasteiger partial charge in [-0.1, -0.05) is 6.07 Å². The summed E-state index contributed by atoms with van der Waals surface area (Å²) in [6.07, 6.45) is 11.4. The van der Waals surface area contributed by atoms with Gasteiger partial charge in [-0.15, -0.1) is 12.3 Å². The van der Waals surface area contributed by atoms with Crippen LogP contribution in [0.1, 0.15) is 24.8 Å². The first-order valence-electron chi connectivity index (χ1n) is 4.83. The standard InChI is InChI=1S/C12H15NO/c1-2-3-4-7-12(14)9-11-6-5-8-13-10-11/h1,5-6,8,10,12,14H,3-4,7,9H2. The monoisotopic (exact) mass is 189 g/mol. The number of pyridine rings is 1. The molecule has 0 aliphatic carbocycles. The molecule has 0 aliphatic heterocycles. The molecule has 1 unspecified atom stereocenters. The molecule has 0 spiro atoms. The third-order valence-corrected chi connectivity index (χ3v) is 2.05. The van der Waals surface area contributed by atoms with Gasteiger partial charge in [0.2, 0.25) is 0 Å². The summed E-state index contributed by atoms with van der Waals surface area (Å²) in [5.74, 6) is 2.56. The van der Waals surface area contributed by atoms with Crippen molar-refractivity contribution in [3.8, 4) is 12.3 Å². The van der Waals surface area contributed by atoms with Gasteiger partial charge in [-0.3, -0.25) is 4.98 Å². The van der Waals surface area contributed by atoms with Crippen LogP contribution in [-0.4, -0.2) is 16.2 Å². The molecule has 0 amide bonds. The average Bonchev–Trinajstić information content (AvgIpc) is 2.20. The van der Waals surface area contributed by atoms with Crippen LogP contribution in [0.5, 0.6) is 0 Å². The Hall–Kier alpha value is -1.33. The molecule has 1 aromatic heterocycles. The Labute approximate surface area is 85.0 Å². The van der Waals surface area contributed by atoms with E-state index in [4.69, 9.17) is 6.42 Å². The maximum Gasteiger partial charge on any atom is 0.0581 e. The first-order valence-corrected chi connectivity index (χ1v) is 4.83. The van der Waals surface area contributed by atoms with Crippen LogP contribution in [0.2, 0.25) is 0 Å². The molecule has 74 valence electrons. The van der Waals surface area contributed by atoms with Crippen molar-refractivity contribution in [3.63, 3.8) is 0 Å². The number of unbranched alkanes of at least 4 members (excludes halogenated alkanes) is 1. The molecule has 1 aromatic rings. The van der Waals surface area contributed by atoms with Crippen LogP contribution < -0.4 is 0 Å². The van der Waals surface area contributed by atoms with E-state index in [2.05, 4.69) is 10.9 Å². The molecule has 2 nitrogen and oxygen atoms in total. The van der Waals surface area contributed by atoms with Gasteiger partial charge >= 0.3 is 0 Å². The lowest BCUT2D eigenvalue weighted by Gasteiger charge is -2.08. The van der Waals surface area contributed by atoms with Crippen LogP contribution in [0.4, 0.5) is 0 Å². The fraction of sp³-hybridized carbons (Fsp3) is 0.417. The van der Waals surface area contributed by atoms with Crippen molar-refractivity contribution >= 4 is 0 Å². The summed E-state index contributed by atoms with van der Waals surface area (Å²) in [4.78, 5) is 3.99. The molecule has 0 fully saturated rings. The second-order valence-corrected chi connectivity index (χ2v) is 3.32. The molecule has 14 heavy (non-hydrogen) atoms. The van der Waals surface area contributed by atoms with Gasteiger partial charge in [0, 0.05) is 18.8 Å². The molecule has 1 rings (SSSR count). The van der Waals surface area contributed by atoms with E-state index < -0.39 is 0 Å². The van der Waals surface area contributed by atoms with E-state index in [1.807, 2.05) is 12.1 Å². The fourth-order valence-electron chi connectivity index (χ4n) is 1.33. The van der Waals surface area contributed by atoms with Gasteiger partial charge in [0.25, 0.3) is 0 Å². The number of nitrogens with zero attached hydrogens (tertiary/aromatic N) is 1. The van der Waals surface area contributed by atoms with Crippen molar-refractivity contribution in [1.29, 1.82) is 0 Å². The zero-order chi connectivity index (χ0) is 10.2. The van der Waals surface area contributed by atoms with Gasteiger partial charge in [-0.2, -0.15) is 0 Å². The van der Waals surface area contributed by atoms with Crippen molar-refractivity contribution in [3.05, 3.63) is 30.1 Å². The van der Waals surface area contributed by atoms with Crippen molar-refractivity contribution in [2.45, 2.75) is 31.8 Å². The van der Waals surface area contributed by atoms with Crippen molar-refractivity contribution < 1.29 is 5.11 Å². The van der Waals surface area contributed by atoms with E-state index >= 15 is 0 Å². The Kier molecular flexibility index (Phi) is 4.74. The zero-order valence-corrected chi connectivity index (χ0v) is 8.19. The molecule has 1 N–H and O–H groups in total. The zero-order valence-electron chi connectivity index (χ0n) is 8.19. The predicted octanol–water partition coefficient (Wildman–Crippen LogP) is 1.79. The molecule has 0 aliphatic rings. The Balaban J connectivity index is 2.28. The number of hydrogen-bond acceptors (Lipinski definition) is 2. The van der Waals surface area contributed by atoms with Crippen molar-refractivity contribution in [2.75, 3.05) is 0 Å². The maximum atomic E-state index is 9.63. The highest BCUT2D eigenvalue weighted by molar-refractivity contribution is 5.09. The lowest BCUT2D eigenvalue weighted by atomic mass is 10.1. The van der Waals surface area contributed by atoms with Gasteiger partial charge < -0.3 is 5.11 Å². The highest BCUT2D eigenvalue weighted by atomic mass is 16.3. The topological polar surface area (TPSA) is 33.1 Å². The number of rotatable bonds is 5. The molecule has 2 heteroatoms. The van der Waals surface area contributed by atoms with E-state index in [9.17, 15) is 5.11 Å². The summed E-state index contributed by atoms with van der Waals surface area (Å²) in [6.45, 7) is 0. The Morgan fingerprint density at radius 3 is 3.07 bits per heavy atom. The van der Waals surface area contributed by atoms with Crippen LogP contribution >= 0.6 is 0 Å². The van der Waals surface area contributed by atoms with E-state index in [0.717, 1.165) is 24.8 Å². The van der Waals surface area contributed by atoms with E-state index in [1.165, 1.54) is 0 Å². The van der Waals surface area contributed by atoms with E-state index in [0.29, 0.717) is 6.42 Å². The minimum Gasteiger partial charge on any atom is -0.393 e. The van der Waals surface area contributed by atoms with Crippen LogP contribution in [0.3, 0.4) is 0 Å². The smallest absolute Gasteiger partial charge is 0.0581 e. The number of hydrogen-bond donors (Lipinski definition) is 1. The second kappa shape index (κ2) is 6.17. The van der Waals surface area contributed by atoms with Crippen LogP contribution in [0.15, 0.2) is 24.5 Å². The summed E-state index contributed by atoms with van der Waals surface area (Å²) >= 11 is 0. The summed E-state index contributed by atoms with van der Waals surface area (Å²) in [5.41, 5.74) is 1.07. The minimum absolute atomic E-state index is 0.299. The van der Waals surface area contributed by atoms with Crippen molar-refractivity contribution in [1.82, 2.24) is 4.98 Å². The van der Waals surface area contributed by atoms with Crippen LogP contribution in [-0.2, 0) is 6.42 Å². The minimum atomic E-state index is -0.299. The first-order chi connectivity index (χ1) is 6.83. The van der Waals surface area contributed by atoms with Gasteiger partial charge in [-0.05, 0) is 30.9 Å². The maximum absolute atomic E-state index is 9.63. The summed E-state index contributed by atoms with van der Waals surface area (Å²) in [7, 11) is 0. The third kappa shape index (κ3) is 4.06. The SMILES string of the molecule is C#CCCCC(O)Cc1cccnc1. The third-order valence-electron chi connectivity index (χ3n) is 2.05. The molecular weight excluding hydrogens is 174 g/mol. The Morgan fingerprint density at radius 2 is 2.43 bits per heavy atom. The van der Waals surface area contributed by atoms with Crippen LogP contribution in [0, 0.1) is 12.3 Å². The number of aromatic nitrogens is 1. The quantitative estimate of drug-likeness (QED) is 0.566. The molecule has 1 heterocycles. The Morgan fingerprint density at radius 1 is 1.57 bits per heavy atom.